The zero-order valence-electron chi connectivity index (χ0n) is 15.7. The molecule has 3 rings (SSSR count). The maximum Gasteiger partial charge on any atom is 0.108 e. The Morgan fingerprint density at radius 2 is 1.56 bits per heavy atom. The van der Waals surface area contributed by atoms with Gasteiger partial charge in [0.05, 0.1) is 5.41 Å². The van der Waals surface area contributed by atoms with Gasteiger partial charge in [-0.2, -0.15) is 0 Å². The van der Waals surface area contributed by atoms with Gasteiger partial charge >= 0.3 is 0 Å². The van der Waals surface area contributed by atoms with Gasteiger partial charge in [-0.15, -0.1) is 0 Å². The normalized spacial score (nSPS) is 16.4. The molecule has 132 valence electrons. The molecule has 2 aromatic rings. The minimum Gasteiger partial charge on any atom is -0.376 e. The Bertz CT molecular complexity index is 751. The molecule has 25 heavy (non-hydrogen) atoms. The molecule has 3 nitrogen and oxygen atoms in total. The van der Waals surface area contributed by atoms with Crippen LogP contribution in [0, 0.1) is 19.3 Å². The van der Waals surface area contributed by atoms with E-state index in [9.17, 15) is 0 Å². The molecule has 0 saturated carbocycles. The molecular weight excluding hydrogens is 306 g/mol. The van der Waals surface area contributed by atoms with E-state index in [0.717, 1.165) is 19.3 Å². The van der Waals surface area contributed by atoms with Gasteiger partial charge in [0, 0.05) is 13.1 Å². The SMILES string of the molecule is CNC(=N)C1(C[C@@H](C)N)c2ccc(C)cc2CCc2cc(C)ccc21. The summed E-state index contributed by atoms with van der Waals surface area (Å²) >= 11 is 0. The number of benzene rings is 2. The fourth-order valence-corrected chi connectivity index (χ4v) is 4.39. The third kappa shape index (κ3) is 2.98. The quantitative estimate of drug-likeness (QED) is 0.592. The number of hydrogen-bond acceptors (Lipinski definition) is 2. The molecule has 0 saturated heterocycles. The van der Waals surface area contributed by atoms with Crippen molar-refractivity contribution >= 4 is 5.84 Å². The van der Waals surface area contributed by atoms with Crippen LogP contribution in [-0.2, 0) is 18.3 Å². The lowest BCUT2D eigenvalue weighted by molar-refractivity contribution is 0.527. The second kappa shape index (κ2) is 6.64. The van der Waals surface area contributed by atoms with Crippen molar-refractivity contribution in [3.63, 3.8) is 0 Å². The Kier molecular flexibility index (Phi) is 4.70. The number of aryl methyl sites for hydroxylation is 4. The van der Waals surface area contributed by atoms with E-state index >= 15 is 0 Å². The molecule has 3 heteroatoms. The highest BCUT2D eigenvalue weighted by Gasteiger charge is 2.43. The van der Waals surface area contributed by atoms with Crippen molar-refractivity contribution in [2.45, 2.75) is 51.5 Å². The Morgan fingerprint density at radius 1 is 1.08 bits per heavy atom. The topological polar surface area (TPSA) is 61.9 Å². The highest BCUT2D eigenvalue weighted by Crippen LogP contribution is 2.43. The molecule has 4 N–H and O–H groups in total. The molecular formula is C22H29N3. The zero-order chi connectivity index (χ0) is 18.2. The van der Waals surface area contributed by atoms with E-state index in [1.54, 1.807) is 0 Å². The first-order chi connectivity index (χ1) is 11.9. The van der Waals surface area contributed by atoms with Crippen LogP contribution in [-0.4, -0.2) is 18.9 Å². The minimum atomic E-state index is -0.508. The molecule has 1 aliphatic carbocycles. The second-order valence-electron chi connectivity index (χ2n) is 7.53. The van der Waals surface area contributed by atoms with Crippen LogP contribution in [0.25, 0.3) is 0 Å². The summed E-state index contributed by atoms with van der Waals surface area (Å²) in [4.78, 5) is 0. The van der Waals surface area contributed by atoms with Gasteiger partial charge in [0.15, 0.2) is 0 Å². The lowest BCUT2D eigenvalue weighted by Gasteiger charge is -2.38. The van der Waals surface area contributed by atoms with E-state index in [-0.39, 0.29) is 6.04 Å². The average molecular weight is 335 g/mol. The molecule has 0 aromatic heterocycles. The summed E-state index contributed by atoms with van der Waals surface area (Å²) in [6, 6.07) is 13.3. The maximum absolute atomic E-state index is 8.87. The number of fused-ring (bicyclic) bond motifs is 2. The Hall–Kier alpha value is -2.13. The van der Waals surface area contributed by atoms with Gasteiger partial charge in [-0.05, 0) is 62.3 Å². The van der Waals surface area contributed by atoms with Gasteiger partial charge in [-0.3, -0.25) is 5.41 Å². The summed E-state index contributed by atoms with van der Waals surface area (Å²) in [7, 11) is 1.85. The lowest BCUT2D eigenvalue weighted by Crippen LogP contribution is -2.47. The predicted octanol–water partition coefficient (Wildman–Crippen LogP) is 3.62. The summed E-state index contributed by atoms with van der Waals surface area (Å²) in [6.07, 6.45) is 2.73. The van der Waals surface area contributed by atoms with Crippen molar-refractivity contribution in [1.29, 1.82) is 5.41 Å². The number of likely N-dealkylation sites (N-methyl/N-ethyl adjacent to an activating group) is 1. The zero-order valence-corrected chi connectivity index (χ0v) is 15.7. The summed E-state index contributed by atoms with van der Waals surface area (Å²) < 4.78 is 0. The fourth-order valence-electron chi connectivity index (χ4n) is 4.39. The van der Waals surface area contributed by atoms with Crippen molar-refractivity contribution in [1.82, 2.24) is 5.32 Å². The van der Waals surface area contributed by atoms with E-state index < -0.39 is 5.41 Å². The molecule has 0 bridgehead atoms. The molecule has 0 unspecified atom stereocenters. The van der Waals surface area contributed by atoms with Crippen LogP contribution in [0.4, 0.5) is 0 Å². The molecule has 0 heterocycles. The van der Waals surface area contributed by atoms with Crippen LogP contribution in [0.3, 0.4) is 0 Å². The number of nitrogens with one attached hydrogen (secondary N) is 2. The first-order valence-electron chi connectivity index (χ1n) is 9.11. The van der Waals surface area contributed by atoms with Crippen LogP contribution in [0.1, 0.15) is 46.7 Å². The molecule has 2 aromatic carbocycles. The number of nitrogens with two attached hydrogens (primary N) is 1. The lowest BCUT2D eigenvalue weighted by atomic mass is 9.67. The van der Waals surface area contributed by atoms with Crippen molar-refractivity contribution in [2.75, 3.05) is 7.05 Å². The van der Waals surface area contributed by atoms with Crippen molar-refractivity contribution in [3.8, 4) is 0 Å². The predicted molar refractivity (Wildman–Crippen MR) is 106 cm³/mol. The number of rotatable bonds is 3. The summed E-state index contributed by atoms with van der Waals surface area (Å²) in [5, 5.41) is 12.0. The van der Waals surface area contributed by atoms with E-state index in [1.165, 1.54) is 33.4 Å². The van der Waals surface area contributed by atoms with Gasteiger partial charge < -0.3 is 11.1 Å². The first kappa shape index (κ1) is 17.7. The third-order valence-corrected chi connectivity index (χ3v) is 5.41. The Balaban J connectivity index is 2.38. The van der Waals surface area contributed by atoms with Gasteiger partial charge in [0.1, 0.15) is 5.84 Å². The van der Waals surface area contributed by atoms with Gasteiger partial charge in [-0.25, -0.2) is 0 Å². The van der Waals surface area contributed by atoms with Crippen LogP contribution in [0.2, 0.25) is 0 Å². The van der Waals surface area contributed by atoms with Crippen LogP contribution >= 0.6 is 0 Å². The van der Waals surface area contributed by atoms with E-state index in [1.807, 2.05) is 14.0 Å². The van der Waals surface area contributed by atoms with E-state index in [0.29, 0.717) is 5.84 Å². The molecule has 0 spiro atoms. The van der Waals surface area contributed by atoms with Crippen LogP contribution < -0.4 is 11.1 Å². The number of hydrogen-bond donors (Lipinski definition) is 3. The van der Waals surface area contributed by atoms with Gasteiger partial charge in [0.25, 0.3) is 0 Å². The molecule has 0 amide bonds. The highest BCUT2D eigenvalue weighted by atomic mass is 14.9. The minimum absolute atomic E-state index is 0.00453. The summed E-state index contributed by atoms with van der Waals surface area (Å²) in [5.74, 6) is 0.530. The van der Waals surface area contributed by atoms with Crippen molar-refractivity contribution in [2.24, 2.45) is 5.73 Å². The van der Waals surface area contributed by atoms with E-state index in [2.05, 4.69) is 55.6 Å². The first-order valence-corrected chi connectivity index (χ1v) is 9.11. The third-order valence-electron chi connectivity index (χ3n) is 5.41. The smallest absolute Gasteiger partial charge is 0.108 e. The van der Waals surface area contributed by atoms with Gasteiger partial charge in [-0.1, -0.05) is 47.5 Å². The second-order valence-corrected chi connectivity index (χ2v) is 7.53. The van der Waals surface area contributed by atoms with Gasteiger partial charge in [0.2, 0.25) is 0 Å². The maximum atomic E-state index is 8.87. The molecule has 1 atom stereocenters. The highest BCUT2D eigenvalue weighted by molar-refractivity contribution is 5.95. The average Bonchev–Trinajstić information content (AvgIpc) is 2.69. The van der Waals surface area contributed by atoms with Crippen LogP contribution in [0.5, 0.6) is 0 Å². The van der Waals surface area contributed by atoms with E-state index in [4.69, 9.17) is 11.1 Å². The molecule has 0 aliphatic heterocycles. The largest absolute Gasteiger partial charge is 0.376 e. The number of amidine groups is 1. The Morgan fingerprint density at radius 3 is 1.96 bits per heavy atom. The molecule has 0 fully saturated rings. The van der Waals surface area contributed by atoms with Crippen molar-refractivity contribution < 1.29 is 0 Å². The van der Waals surface area contributed by atoms with Crippen LogP contribution in [0.15, 0.2) is 36.4 Å². The molecule has 0 radical (unpaired) electrons. The van der Waals surface area contributed by atoms with Crippen molar-refractivity contribution in [3.05, 3.63) is 69.8 Å². The summed E-state index contributed by atoms with van der Waals surface area (Å²) in [5.41, 5.74) is 13.5. The monoisotopic (exact) mass is 335 g/mol. The Labute approximate surface area is 151 Å². The fraction of sp³-hybridized carbons (Fsp3) is 0.409. The summed E-state index contributed by atoms with van der Waals surface area (Å²) in [6.45, 7) is 6.31. The molecule has 1 aliphatic rings. The standard InChI is InChI=1S/C22H29N3/c1-14-5-9-19-17(11-14)7-8-18-12-15(2)6-10-20(18)22(19,13-16(3)23)21(24)25-4/h5-6,9-12,16H,7-8,13,23H2,1-4H3,(H2,24,25)/t16-/m1/s1.